The van der Waals surface area contributed by atoms with E-state index in [-0.39, 0.29) is 4.90 Å². The Kier molecular flexibility index (Phi) is 6.22. The third-order valence-corrected chi connectivity index (χ3v) is 4.57. The number of allylic oxidation sites excluding steroid dienone is 3. The number of alkyl halides is 3. The molecule has 142 valence electrons. The van der Waals surface area contributed by atoms with E-state index < -0.39 is 27.8 Å². The molecule has 27 heavy (non-hydrogen) atoms. The fourth-order valence-corrected chi connectivity index (χ4v) is 2.90. The van der Waals surface area contributed by atoms with E-state index in [1.54, 1.807) is 37.3 Å². The summed E-state index contributed by atoms with van der Waals surface area (Å²) in [5.74, 6) is -3.73. The minimum atomic E-state index is -5.28. The maximum absolute atomic E-state index is 12.8. The van der Waals surface area contributed by atoms with E-state index in [9.17, 15) is 26.4 Å². The Labute approximate surface area is 154 Å². The van der Waals surface area contributed by atoms with Gasteiger partial charge in [-0.2, -0.15) is 21.6 Å². The number of aryl methyl sites for hydroxylation is 1. The van der Waals surface area contributed by atoms with E-state index >= 15 is 0 Å². The summed E-state index contributed by atoms with van der Waals surface area (Å²) in [4.78, 5) is 11.2. The predicted molar refractivity (Wildman–Crippen MR) is 94.1 cm³/mol. The molecule has 0 saturated carbocycles. The molecule has 0 aliphatic carbocycles. The van der Waals surface area contributed by atoms with Crippen molar-refractivity contribution < 1.29 is 30.6 Å². The first-order valence-corrected chi connectivity index (χ1v) is 9.06. The second kappa shape index (κ2) is 8.22. The van der Waals surface area contributed by atoms with Crippen LogP contribution in [-0.2, 0) is 19.1 Å². The quantitative estimate of drug-likeness (QED) is 0.314. The normalized spacial score (nSPS) is 13.0. The molecule has 2 rings (SSSR count). The van der Waals surface area contributed by atoms with Crippen molar-refractivity contribution in [3.05, 3.63) is 83.6 Å². The highest BCUT2D eigenvalue weighted by Gasteiger charge is 2.43. The number of benzene rings is 2. The van der Waals surface area contributed by atoms with Crippen LogP contribution in [0.4, 0.5) is 13.2 Å². The number of Topliss-reactive ketones (excluding diaryl/α,β-unsaturated/α-hetero) is 1. The minimum absolute atomic E-state index is 0.360. The van der Waals surface area contributed by atoms with Crippen LogP contribution in [0.25, 0.3) is 6.08 Å². The summed E-state index contributed by atoms with van der Waals surface area (Å²) in [6, 6.07) is 13.8. The molecule has 0 atom stereocenters. The van der Waals surface area contributed by atoms with E-state index in [0.717, 1.165) is 11.6 Å². The Morgan fingerprint density at radius 3 is 2.15 bits per heavy atom. The molecule has 0 fully saturated rings. The van der Waals surface area contributed by atoms with Gasteiger partial charge < -0.3 is 4.18 Å². The molecule has 0 N–H and O–H groups in total. The minimum Gasteiger partial charge on any atom is -0.375 e. The van der Waals surface area contributed by atoms with E-state index in [2.05, 4.69) is 4.18 Å². The maximum Gasteiger partial charge on any atom is 0.458 e. The van der Waals surface area contributed by atoms with Crippen LogP contribution in [0.3, 0.4) is 0 Å². The molecular formula is C19H15F3O4S. The van der Waals surface area contributed by atoms with E-state index in [0.29, 0.717) is 11.6 Å². The van der Waals surface area contributed by atoms with Gasteiger partial charge in [-0.15, -0.1) is 0 Å². The number of hydrogen-bond donors (Lipinski definition) is 0. The first-order chi connectivity index (χ1) is 12.6. The lowest BCUT2D eigenvalue weighted by Crippen LogP contribution is -2.27. The van der Waals surface area contributed by atoms with Gasteiger partial charge in [-0.1, -0.05) is 60.2 Å². The van der Waals surface area contributed by atoms with E-state index in [1.807, 2.05) is 0 Å². The molecule has 0 aliphatic rings. The van der Waals surface area contributed by atoms with E-state index in [4.69, 9.17) is 0 Å². The van der Waals surface area contributed by atoms with Crippen molar-refractivity contribution in [3.8, 4) is 0 Å². The molecule has 0 aromatic heterocycles. The van der Waals surface area contributed by atoms with Gasteiger partial charge in [0.25, 0.3) is 0 Å². The van der Waals surface area contributed by atoms with Crippen molar-refractivity contribution >= 4 is 22.0 Å². The number of carbonyl (C=O) groups excluding carboxylic acids is 1. The molecule has 0 saturated heterocycles. The first-order valence-electron chi connectivity index (χ1n) is 7.66. The Morgan fingerprint density at radius 2 is 1.59 bits per heavy atom. The van der Waals surface area contributed by atoms with Gasteiger partial charge in [-0.3, -0.25) is 4.79 Å². The highest BCUT2D eigenvalue weighted by molar-refractivity contribution is 7.86. The third-order valence-electron chi connectivity index (χ3n) is 3.33. The summed E-state index contributed by atoms with van der Waals surface area (Å²) in [7, 11) is -4.60. The molecule has 2 aromatic carbocycles. The molecule has 0 heterocycles. The summed E-state index contributed by atoms with van der Waals surface area (Å²) < 4.78 is 67.3. The Bertz CT molecular complexity index is 958. The van der Waals surface area contributed by atoms with Gasteiger partial charge in [0.05, 0.1) is 0 Å². The van der Waals surface area contributed by atoms with Gasteiger partial charge in [0.15, 0.2) is 5.76 Å². The van der Waals surface area contributed by atoms with Crippen LogP contribution in [0, 0.1) is 6.92 Å². The Balaban J connectivity index is 2.35. The Hall–Kier alpha value is -2.87. The molecule has 0 radical (unpaired) electrons. The summed E-state index contributed by atoms with van der Waals surface area (Å²) in [5, 5.41) is 0. The molecule has 0 bridgehead atoms. The highest BCUT2D eigenvalue weighted by atomic mass is 32.2. The molecule has 4 nitrogen and oxygen atoms in total. The molecule has 0 spiro atoms. The summed E-state index contributed by atoms with van der Waals surface area (Å²) >= 11 is 0. The molecule has 0 unspecified atom stereocenters. The number of carbonyl (C=O) groups is 1. The van der Waals surface area contributed by atoms with Crippen LogP contribution in [0.1, 0.15) is 11.1 Å². The summed E-state index contributed by atoms with van der Waals surface area (Å²) in [6.07, 6.45) is -2.09. The van der Waals surface area contributed by atoms with E-state index in [1.165, 1.54) is 30.3 Å². The smallest absolute Gasteiger partial charge is 0.375 e. The standard InChI is InChI=1S/C19H15F3O4S/c1-14-10-12-16(13-11-14)27(24,25)26-17(18(23)19(20,21)22)9-5-8-15-6-3-2-4-7-15/h2-13H,1H3/b8-5+,17-9-. The van der Waals surface area contributed by atoms with Crippen molar-refractivity contribution in [2.45, 2.75) is 18.0 Å². The van der Waals surface area contributed by atoms with Gasteiger partial charge >= 0.3 is 22.1 Å². The molecule has 0 amide bonds. The van der Waals surface area contributed by atoms with Gasteiger partial charge in [-0.05, 0) is 30.7 Å². The van der Waals surface area contributed by atoms with Crippen molar-refractivity contribution in [2.24, 2.45) is 0 Å². The zero-order valence-electron chi connectivity index (χ0n) is 14.1. The number of hydrogen-bond acceptors (Lipinski definition) is 4. The van der Waals surface area contributed by atoms with Crippen LogP contribution in [0.5, 0.6) is 0 Å². The fourth-order valence-electron chi connectivity index (χ4n) is 1.96. The summed E-state index contributed by atoms with van der Waals surface area (Å²) in [5.41, 5.74) is 1.40. The molecule has 8 heteroatoms. The molecular weight excluding hydrogens is 381 g/mol. The lowest BCUT2D eigenvalue weighted by atomic mass is 10.2. The zero-order valence-corrected chi connectivity index (χ0v) is 14.9. The molecule has 0 aliphatic heterocycles. The average Bonchev–Trinajstić information content (AvgIpc) is 2.60. The summed E-state index contributed by atoms with van der Waals surface area (Å²) in [6.45, 7) is 1.71. The number of halogens is 3. The van der Waals surface area contributed by atoms with Crippen LogP contribution >= 0.6 is 0 Å². The SMILES string of the molecule is Cc1ccc(S(=O)(=O)O/C(=C\C=C\c2ccccc2)C(=O)C(F)(F)F)cc1. The Morgan fingerprint density at radius 1 is 1.00 bits per heavy atom. The zero-order chi connectivity index (χ0) is 20.1. The van der Waals surface area contributed by atoms with Gasteiger partial charge in [-0.25, -0.2) is 0 Å². The van der Waals surface area contributed by atoms with Crippen molar-refractivity contribution in [1.29, 1.82) is 0 Å². The van der Waals surface area contributed by atoms with Gasteiger partial charge in [0, 0.05) is 0 Å². The monoisotopic (exact) mass is 396 g/mol. The van der Waals surface area contributed by atoms with Gasteiger partial charge in [0.2, 0.25) is 0 Å². The fraction of sp³-hybridized carbons (Fsp3) is 0.105. The first kappa shape index (κ1) is 20.4. The number of rotatable bonds is 6. The van der Waals surface area contributed by atoms with Crippen molar-refractivity contribution in [3.63, 3.8) is 0 Å². The van der Waals surface area contributed by atoms with Crippen LogP contribution < -0.4 is 0 Å². The molecule has 2 aromatic rings. The van der Waals surface area contributed by atoms with Crippen LogP contribution in [-0.4, -0.2) is 20.4 Å². The van der Waals surface area contributed by atoms with Gasteiger partial charge in [0.1, 0.15) is 4.90 Å². The average molecular weight is 396 g/mol. The largest absolute Gasteiger partial charge is 0.458 e. The lowest BCUT2D eigenvalue weighted by Gasteiger charge is -2.11. The predicted octanol–water partition coefficient (Wildman–Crippen LogP) is 4.43. The maximum atomic E-state index is 12.8. The lowest BCUT2D eigenvalue weighted by molar-refractivity contribution is -0.168. The highest BCUT2D eigenvalue weighted by Crippen LogP contribution is 2.25. The van der Waals surface area contributed by atoms with Crippen LogP contribution in [0.2, 0.25) is 0 Å². The van der Waals surface area contributed by atoms with Crippen LogP contribution in [0.15, 0.2) is 77.4 Å². The second-order valence-corrected chi connectivity index (χ2v) is 7.02. The second-order valence-electron chi connectivity index (χ2n) is 5.48. The van der Waals surface area contributed by atoms with Crippen molar-refractivity contribution in [2.75, 3.05) is 0 Å². The number of ketones is 1. The van der Waals surface area contributed by atoms with Crippen molar-refractivity contribution in [1.82, 2.24) is 0 Å². The third kappa shape index (κ3) is 5.82. The topological polar surface area (TPSA) is 60.4 Å².